The number of benzene rings is 2. The highest BCUT2D eigenvalue weighted by Crippen LogP contribution is 2.41. The van der Waals surface area contributed by atoms with Crippen molar-refractivity contribution in [2.24, 2.45) is 0 Å². The lowest BCUT2D eigenvalue weighted by Gasteiger charge is -2.49. The van der Waals surface area contributed by atoms with E-state index >= 15 is 0 Å². The van der Waals surface area contributed by atoms with Crippen LogP contribution in [0.4, 0.5) is 10.5 Å². The van der Waals surface area contributed by atoms with E-state index in [0.717, 1.165) is 9.91 Å². The van der Waals surface area contributed by atoms with Gasteiger partial charge in [-0.1, -0.05) is 65.0 Å². The van der Waals surface area contributed by atoms with Gasteiger partial charge in [-0.05, 0) is 36.3 Å². The lowest BCUT2D eigenvalue weighted by molar-refractivity contribution is -0.150. The van der Waals surface area contributed by atoms with Crippen molar-refractivity contribution in [3.63, 3.8) is 0 Å². The van der Waals surface area contributed by atoms with Crippen LogP contribution in [0.2, 0.25) is 5.02 Å². The van der Waals surface area contributed by atoms with Crippen molar-refractivity contribution in [2.75, 3.05) is 23.9 Å². The number of urea groups is 1. The Kier molecular flexibility index (Phi) is 9.58. The van der Waals surface area contributed by atoms with E-state index < -0.39 is 41.1 Å². The molecule has 1 saturated heterocycles. The van der Waals surface area contributed by atoms with Gasteiger partial charge >= 0.3 is 12.0 Å². The molecule has 2 atom stereocenters. The molecule has 1 unspecified atom stereocenters. The Morgan fingerprint density at radius 2 is 1.86 bits per heavy atom. The number of fused-ring (bicyclic) bond motifs is 1. The number of nitrogens with zero attached hydrogens (tertiary/aromatic N) is 4. The molecular formula is C28H25ClN6O6S3. The molecule has 228 valence electrons. The zero-order chi connectivity index (χ0) is 31.5. The molecule has 1 fully saturated rings. The molecule has 0 aliphatic carbocycles. The van der Waals surface area contributed by atoms with Crippen LogP contribution in [0.25, 0.3) is 0 Å². The number of hydrogen-bond donors (Lipinski definition) is 3. The van der Waals surface area contributed by atoms with Gasteiger partial charge in [-0.2, -0.15) is 0 Å². The first-order valence-corrected chi connectivity index (χ1v) is 16.3. The van der Waals surface area contributed by atoms with Gasteiger partial charge in [0.05, 0.1) is 17.0 Å². The third kappa shape index (κ3) is 6.60. The minimum absolute atomic E-state index is 0.0681. The van der Waals surface area contributed by atoms with Crippen LogP contribution >= 0.6 is 46.5 Å². The average Bonchev–Trinajstić information content (AvgIpc) is 3.43. The van der Waals surface area contributed by atoms with Crippen molar-refractivity contribution in [3.8, 4) is 0 Å². The van der Waals surface area contributed by atoms with E-state index in [9.17, 15) is 29.1 Å². The third-order valence-corrected chi connectivity index (χ3v) is 10.5. The van der Waals surface area contributed by atoms with E-state index in [-0.39, 0.29) is 22.7 Å². The van der Waals surface area contributed by atoms with Crippen LogP contribution in [0.3, 0.4) is 0 Å². The minimum atomic E-state index is -1.21. The second-order valence-corrected chi connectivity index (χ2v) is 13.6. The number of aromatic nitrogens is 2. The van der Waals surface area contributed by atoms with E-state index in [1.54, 1.807) is 42.5 Å². The van der Waals surface area contributed by atoms with E-state index in [2.05, 4.69) is 20.8 Å². The maximum atomic E-state index is 13.1. The summed E-state index contributed by atoms with van der Waals surface area (Å²) in [4.78, 5) is 66.1. The van der Waals surface area contributed by atoms with Crippen LogP contribution in [-0.4, -0.2) is 84.8 Å². The van der Waals surface area contributed by atoms with Gasteiger partial charge in [0.15, 0.2) is 4.34 Å². The standard InChI is InChI=1S/C28H25ClN6O6S3/c1-14-32-33-28(44-14)43-13-16-12-42-25-21(24(38)35(25)22(16)26(39)40)31-20(36)11-15-7-3-6-10-19(15)30-27(41)34(2)23(37)17-8-4-5-9-18(17)29/h3-10,21,25H,11-13H2,1-2H3,(H,30,41)(H,31,36)(H,39,40)/t21?,25-/m1/s1. The zero-order valence-corrected chi connectivity index (χ0v) is 26.5. The summed E-state index contributed by atoms with van der Waals surface area (Å²) in [7, 11) is 1.31. The van der Waals surface area contributed by atoms with Crippen LogP contribution < -0.4 is 10.6 Å². The van der Waals surface area contributed by atoms with Crippen LogP contribution in [-0.2, 0) is 20.8 Å². The summed E-state index contributed by atoms with van der Waals surface area (Å²) in [5.74, 6) is -2.09. The third-order valence-electron chi connectivity index (χ3n) is 6.77. The van der Waals surface area contributed by atoms with Gasteiger partial charge in [0.1, 0.15) is 22.1 Å². The van der Waals surface area contributed by atoms with Gasteiger partial charge in [0, 0.05) is 24.2 Å². The monoisotopic (exact) mass is 672 g/mol. The van der Waals surface area contributed by atoms with Crippen molar-refractivity contribution in [3.05, 3.63) is 81.0 Å². The number of aryl methyl sites for hydroxylation is 1. The van der Waals surface area contributed by atoms with Crippen molar-refractivity contribution in [1.82, 2.24) is 25.3 Å². The Morgan fingerprint density at radius 3 is 2.57 bits per heavy atom. The molecule has 2 aliphatic rings. The molecule has 0 radical (unpaired) electrons. The number of para-hydroxylation sites is 1. The van der Waals surface area contributed by atoms with Gasteiger partial charge in [-0.25, -0.2) is 9.59 Å². The number of halogens is 1. The lowest BCUT2D eigenvalue weighted by atomic mass is 10.0. The number of amides is 5. The molecule has 0 bridgehead atoms. The number of thioether (sulfide) groups is 2. The molecule has 1 aromatic heterocycles. The predicted molar refractivity (Wildman–Crippen MR) is 168 cm³/mol. The first-order chi connectivity index (χ1) is 21.0. The maximum Gasteiger partial charge on any atom is 0.352 e. The Morgan fingerprint density at radius 1 is 1.14 bits per heavy atom. The lowest BCUT2D eigenvalue weighted by Crippen LogP contribution is -2.70. The minimum Gasteiger partial charge on any atom is -0.477 e. The maximum absolute atomic E-state index is 13.1. The van der Waals surface area contributed by atoms with Crippen molar-refractivity contribution < 1.29 is 29.1 Å². The second-order valence-electron chi connectivity index (χ2n) is 9.70. The quantitative estimate of drug-likeness (QED) is 0.225. The fraction of sp³-hybridized carbons (Fsp3) is 0.250. The highest BCUT2D eigenvalue weighted by Gasteiger charge is 2.54. The summed E-state index contributed by atoms with van der Waals surface area (Å²) in [6, 6.07) is 11.3. The molecule has 44 heavy (non-hydrogen) atoms. The molecule has 3 aromatic rings. The number of anilines is 1. The first kappa shape index (κ1) is 31.5. The Balaban J connectivity index is 1.21. The van der Waals surface area contributed by atoms with Gasteiger partial charge < -0.3 is 15.7 Å². The molecule has 5 amide bonds. The fourth-order valence-electron chi connectivity index (χ4n) is 4.58. The highest BCUT2D eigenvalue weighted by molar-refractivity contribution is 8.01. The average molecular weight is 673 g/mol. The highest BCUT2D eigenvalue weighted by atomic mass is 35.5. The summed E-state index contributed by atoms with van der Waals surface area (Å²) >= 11 is 10.3. The number of carbonyl (C=O) groups is 5. The SMILES string of the molecule is Cc1nnc(SCC2=C(C(=O)O)N3C(=O)C(NC(=O)Cc4ccccc4NC(=O)N(C)C(=O)c4ccccc4Cl)[C@H]3SC2)s1. The van der Waals surface area contributed by atoms with Gasteiger partial charge in [-0.15, -0.1) is 22.0 Å². The fourth-order valence-corrected chi connectivity index (χ4v) is 8.10. The molecule has 16 heteroatoms. The molecular weight excluding hydrogens is 648 g/mol. The summed E-state index contributed by atoms with van der Waals surface area (Å²) < 4.78 is 0.710. The number of carboxylic acid groups (broad SMARTS) is 1. The summed E-state index contributed by atoms with van der Waals surface area (Å²) in [6.07, 6.45) is -0.176. The molecule has 0 saturated carbocycles. The number of aliphatic carboxylic acids is 1. The van der Waals surface area contributed by atoms with Crippen LogP contribution in [0.15, 0.2) is 64.1 Å². The van der Waals surface area contributed by atoms with E-state index in [0.29, 0.717) is 32.7 Å². The van der Waals surface area contributed by atoms with Crippen molar-refractivity contribution in [1.29, 1.82) is 0 Å². The molecule has 2 aliphatic heterocycles. The zero-order valence-electron chi connectivity index (χ0n) is 23.3. The van der Waals surface area contributed by atoms with Crippen LogP contribution in [0.5, 0.6) is 0 Å². The predicted octanol–water partition coefficient (Wildman–Crippen LogP) is 3.88. The summed E-state index contributed by atoms with van der Waals surface area (Å²) in [6.45, 7) is 1.83. The largest absolute Gasteiger partial charge is 0.477 e. The van der Waals surface area contributed by atoms with E-state index in [1.807, 2.05) is 6.92 Å². The number of carboxylic acids is 1. The number of hydrogen-bond acceptors (Lipinski definition) is 10. The number of nitrogens with one attached hydrogen (secondary N) is 2. The van der Waals surface area contributed by atoms with Crippen molar-refractivity contribution >= 4 is 81.9 Å². The first-order valence-electron chi connectivity index (χ1n) is 13.1. The Hall–Kier alpha value is -3.92. The number of β-lactam (4-membered cyclic amide) rings is 1. The number of carbonyl (C=O) groups excluding carboxylic acids is 4. The Labute approximate surface area is 269 Å². The smallest absolute Gasteiger partial charge is 0.352 e. The molecule has 3 N–H and O–H groups in total. The summed E-state index contributed by atoms with van der Waals surface area (Å²) in [5.41, 5.74) is 1.45. The molecule has 5 rings (SSSR count). The van der Waals surface area contributed by atoms with Crippen LogP contribution in [0, 0.1) is 6.92 Å². The molecule has 0 spiro atoms. The Bertz CT molecular complexity index is 1700. The van der Waals surface area contributed by atoms with Gasteiger partial charge in [-0.3, -0.25) is 24.2 Å². The van der Waals surface area contributed by atoms with E-state index in [1.165, 1.54) is 52.9 Å². The second kappa shape index (κ2) is 13.4. The molecule has 3 heterocycles. The molecule has 12 nitrogen and oxygen atoms in total. The van der Waals surface area contributed by atoms with Gasteiger partial charge in [0.2, 0.25) is 5.91 Å². The number of imide groups is 1. The number of rotatable bonds is 9. The van der Waals surface area contributed by atoms with Gasteiger partial charge in [0.25, 0.3) is 11.8 Å². The van der Waals surface area contributed by atoms with E-state index in [4.69, 9.17) is 11.6 Å². The normalized spacial score (nSPS) is 17.4. The van der Waals surface area contributed by atoms with Crippen molar-refractivity contribution in [2.45, 2.75) is 29.1 Å². The topological polar surface area (TPSA) is 162 Å². The summed E-state index contributed by atoms with van der Waals surface area (Å²) in [5, 5.41) is 23.7. The molecule has 2 aromatic carbocycles. The van der Waals surface area contributed by atoms with Crippen LogP contribution in [0.1, 0.15) is 20.9 Å².